The number of fused-ring (bicyclic) bond motifs is 1. The molecule has 0 aliphatic carbocycles. The molecule has 0 saturated heterocycles. The van der Waals surface area contributed by atoms with Gasteiger partial charge >= 0.3 is 0 Å². The molecule has 4 rings (SSSR count). The van der Waals surface area contributed by atoms with Gasteiger partial charge in [0.05, 0.1) is 29.6 Å². The lowest BCUT2D eigenvalue weighted by atomic mass is 10.1. The second-order valence-corrected chi connectivity index (χ2v) is 6.74. The van der Waals surface area contributed by atoms with E-state index in [0.29, 0.717) is 34.6 Å². The first-order valence-corrected chi connectivity index (χ1v) is 9.09. The minimum absolute atomic E-state index is 0.297. The van der Waals surface area contributed by atoms with Crippen molar-refractivity contribution in [1.29, 1.82) is 0 Å². The van der Waals surface area contributed by atoms with E-state index in [0.717, 1.165) is 10.9 Å². The summed E-state index contributed by atoms with van der Waals surface area (Å²) in [4.78, 5) is 28.9. The van der Waals surface area contributed by atoms with Crippen molar-refractivity contribution in [2.45, 2.75) is 13.5 Å². The molecule has 0 aliphatic heterocycles. The molecule has 0 unspecified atom stereocenters. The molecule has 0 radical (unpaired) electrons. The number of hydrogen-bond donors (Lipinski definition) is 2. The summed E-state index contributed by atoms with van der Waals surface area (Å²) in [6, 6.07) is 16.9. The SMILES string of the molecule is Cc1cccc(NC(=O)c2cnc3c(cnn3Cc3ccccc3)c2)c1C(N)=O. The number of anilines is 1. The van der Waals surface area contributed by atoms with Crippen molar-refractivity contribution in [2.24, 2.45) is 5.73 Å². The molecule has 2 aromatic carbocycles. The molecule has 7 nitrogen and oxygen atoms in total. The van der Waals surface area contributed by atoms with E-state index in [9.17, 15) is 9.59 Å². The summed E-state index contributed by atoms with van der Waals surface area (Å²) < 4.78 is 1.79. The molecule has 4 aromatic rings. The average Bonchev–Trinajstić information content (AvgIpc) is 3.10. The number of nitrogens with two attached hydrogens (primary N) is 1. The Morgan fingerprint density at radius 3 is 2.62 bits per heavy atom. The van der Waals surface area contributed by atoms with E-state index in [1.807, 2.05) is 30.3 Å². The molecule has 2 heterocycles. The molecule has 0 aliphatic rings. The van der Waals surface area contributed by atoms with Gasteiger partial charge in [-0.3, -0.25) is 9.59 Å². The zero-order valence-electron chi connectivity index (χ0n) is 15.8. The van der Waals surface area contributed by atoms with Crippen molar-refractivity contribution in [3.05, 3.63) is 89.2 Å². The van der Waals surface area contributed by atoms with Crippen LogP contribution in [0.25, 0.3) is 11.0 Å². The van der Waals surface area contributed by atoms with E-state index >= 15 is 0 Å². The lowest BCUT2D eigenvalue weighted by Crippen LogP contribution is -2.19. The van der Waals surface area contributed by atoms with Gasteiger partial charge in [-0.2, -0.15) is 5.10 Å². The van der Waals surface area contributed by atoms with Crippen molar-refractivity contribution in [3.8, 4) is 0 Å². The minimum Gasteiger partial charge on any atom is -0.366 e. The van der Waals surface area contributed by atoms with Crippen LogP contribution in [0.4, 0.5) is 5.69 Å². The van der Waals surface area contributed by atoms with Crippen molar-refractivity contribution in [3.63, 3.8) is 0 Å². The Labute approximate surface area is 167 Å². The number of aryl methyl sites for hydroxylation is 1. The van der Waals surface area contributed by atoms with E-state index in [2.05, 4.69) is 15.4 Å². The van der Waals surface area contributed by atoms with Crippen molar-refractivity contribution < 1.29 is 9.59 Å². The maximum Gasteiger partial charge on any atom is 0.257 e. The fourth-order valence-corrected chi connectivity index (χ4v) is 3.26. The van der Waals surface area contributed by atoms with Crippen LogP contribution in [0.15, 0.2) is 67.0 Å². The van der Waals surface area contributed by atoms with Crippen LogP contribution in [0, 0.1) is 6.92 Å². The van der Waals surface area contributed by atoms with Crippen LogP contribution < -0.4 is 11.1 Å². The highest BCUT2D eigenvalue weighted by atomic mass is 16.2. The average molecular weight is 385 g/mol. The van der Waals surface area contributed by atoms with Crippen LogP contribution in [-0.4, -0.2) is 26.6 Å². The van der Waals surface area contributed by atoms with Gasteiger partial charge in [0.25, 0.3) is 11.8 Å². The fraction of sp³-hybridized carbons (Fsp3) is 0.0909. The van der Waals surface area contributed by atoms with Gasteiger partial charge in [-0.1, -0.05) is 42.5 Å². The summed E-state index contributed by atoms with van der Waals surface area (Å²) in [7, 11) is 0. The van der Waals surface area contributed by atoms with Crippen LogP contribution >= 0.6 is 0 Å². The summed E-state index contributed by atoms with van der Waals surface area (Å²) in [5.41, 5.74) is 9.00. The standard InChI is InChI=1S/C22H19N5O2/c1-14-6-5-9-18(19(14)20(23)28)26-22(29)17-10-16-12-25-27(21(16)24-11-17)13-15-7-3-2-4-8-15/h2-12H,13H2,1H3,(H2,23,28)(H,26,29). The molecular formula is C22H19N5O2. The third-order valence-corrected chi connectivity index (χ3v) is 4.68. The zero-order chi connectivity index (χ0) is 20.4. The van der Waals surface area contributed by atoms with Crippen LogP contribution in [0.2, 0.25) is 0 Å². The molecule has 0 bridgehead atoms. The Bertz CT molecular complexity index is 1210. The summed E-state index contributed by atoms with van der Waals surface area (Å²) in [5.74, 6) is -0.961. The van der Waals surface area contributed by atoms with Gasteiger partial charge in [0.15, 0.2) is 5.65 Å². The molecule has 0 atom stereocenters. The Kier molecular flexibility index (Phi) is 4.78. The number of primary amides is 1. The number of hydrogen-bond acceptors (Lipinski definition) is 4. The third kappa shape index (κ3) is 3.70. The first-order valence-electron chi connectivity index (χ1n) is 9.09. The Hall–Kier alpha value is -4.00. The second-order valence-electron chi connectivity index (χ2n) is 6.74. The van der Waals surface area contributed by atoms with E-state index in [-0.39, 0.29) is 5.91 Å². The predicted octanol–water partition coefficient (Wildman–Crippen LogP) is 3.14. The number of nitrogens with zero attached hydrogens (tertiary/aromatic N) is 3. The van der Waals surface area contributed by atoms with Gasteiger partial charge in [0.1, 0.15) is 0 Å². The van der Waals surface area contributed by atoms with Crippen LogP contribution in [0.5, 0.6) is 0 Å². The van der Waals surface area contributed by atoms with Gasteiger partial charge < -0.3 is 11.1 Å². The minimum atomic E-state index is -0.589. The highest BCUT2D eigenvalue weighted by Gasteiger charge is 2.16. The first-order chi connectivity index (χ1) is 14.0. The Balaban J connectivity index is 1.60. The highest BCUT2D eigenvalue weighted by Crippen LogP contribution is 2.21. The van der Waals surface area contributed by atoms with Crippen molar-refractivity contribution in [2.75, 3.05) is 5.32 Å². The number of carbonyl (C=O) groups is 2. The summed E-state index contributed by atoms with van der Waals surface area (Å²) in [6.07, 6.45) is 3.18. The normalized spacial score (nSPS) is 10.8. The summed E-state index contributed by atoms with van der Waals surface area (Å²) in [6.45, 7) is 2.36. The lowest BCUT2D eigenvalue weighted by molar-refractivity contribution is 0.100. The number of carbonyl (C=O) groups excluding carboxylic acids is 2. The maximum atomic E-state index is 12.7. The number of rotatable bonds is 5. The molecule has 3 N–H and O–H groups in total. The Morgan fingerprint density at radius 1 is 1.07 bits per heavy atom. The molecule has 29 heavy (non-hydrogen) atoms. The molecule has 144 valence electrons. The zero-order valence-corrected chi connectivity index (χ0v) is 15.8. The number of amides is 2. The Morgan fingerprint density at radius 2 is 1.86 bits per heavy atom. The largest absolute Gasteiger partial charge is 0.366 e. The molecule has 0 fully saturated rings. The number of aromatic nitrogens is 3. The van der Waals surface area contributed by atoms with Gasteiger partial charge in [-0.25, -0.2) is 9.67 Å². The molecule has 2 amide bonds. The first kappa shape index (κ1) is 18.4. The van der Waals surface area contributed by atoms with Crippen LogP contribution in [0.1, 0.15) is 31.8 Å². The summed E-state index contributed by atoms with van der Waals surface area (Å²) in [5, 5.41) is 7.90. The number of pyridine rings is 1. The van der Waals surface area contributed by atoms with E-state index in [4.69, 9.17) is 5.73 Å². The molecule has 0 saturated carbocycles. The molecular weight excluding hydrogens is 366 g/mol. The number of benzene rings is 2. The summed E-state index contributed by atoms with van der Waals surface area (Å²) >= 11 is 0. The van der Waals surface area contributed by atoms with Crippen molar-refractivity contribution >= 4 is 28.5 Å². The molecule has 2 aromatic heterocycles. The van der Waals surface area contributed by atoms with Crippen LogP contribution in [0.3, 0.4) is 0 Å². The smallest absolute Gasteiger partial charge is 0.257 e. The van der Waals surface area contributed by atoms with E-state index in [1.165, 1.54) is 6.20 Å². The second kappa shape index (κ2) is 7.55. The van der Waals surface area contributed by atoms with E-state index < -0.39 is 5.91 Å². The number of nitrogens with one attached hydrogen (secondary N) is 1. The van der Waals surface area contributed by atoms with Gasteiger partial charge in [-0.15, -0.1) is 0 Å². The monoisotopic (exact) mass is 385 g/mol. The quantitative estimate of drug-likeness (QED) is 0.551. The highest BCUT2D eigenvalue weighted by molar-refractivity contribution is 6.09. The van der Waals surface area contributed by atoms with Crippen molar-refractivity contribution in [1.82, 2.24) is 14.8 Å². The predicted molar refractivity (Wildman–Crippen MR) is 111 cm³/mol. The van der Waals surface area contributed by atoms with E-state index in [1.54, 1.807) is 42.1 Å². The molecule has 7 heteroatoms. The van der Waals surface area contributed by atoms with Gasteiger partial charge in [0, 0.05) is 11.6 Å². The topological polar surface area (TPSA) is 103 Å². The third-order valence-electron chi connectivity index (χ3n) is 4.68. The van der Waals surface area contributed by atoms with Crippen LogP contribution in [-0.2, 0) is 6.54 Å². The maximum absolute atomic E-state index is 12.7. The lowest BCUT2D eigenvalue weighted by Gasteiger charge is -2.11. The van der Waals surface area contributed by atoms with Gasteiger partial charge in [-0.05, 0) is 30.2 Å². The molecule has 0 spiro atoms. The van der Waals surface area contributed by atoms with Gasteiger partial charge in [0.2, 0.25) is 0 Å². The fourth-order valence-electron chi connectivity index (χ4n) is 3.26.